The Bertz CT molecular complexity index is 307. The first-order valence-electron chi connectivity index (χ1n) is 6.86. The molecule has 1 saturated heterocycles. The highest BCUT2D eigenvalue weighted by atomic mass is 16.2. The molecule has 1 amide bonds. The molecule has 1 aliphatic rings. The van der Waals surface area contributed by atoms with Crippen LogP contribution in [0.1, 0.15) is 47.5 Å². The summed E-state index contributed by atoms with van der Waals surface area (Å²) in [4.78, 5) is 17.1. The molecule has 2 N–H and O–H groups in total. The van der Waals surface area contributed by atoms with Gasteiger partial charge in [-0.05, 0) is 61.1 Å². The standard InChI is InChI=1S/C14H29N3O/c1-13(2,3)17-12(18)11(7-9-15)16(6)10-8-14(17,4)5/h11H,7-10,15H2,1-6H3. The highest BCUT2D eigenvalue weighted by Crippen LogP contribution is 2.32. The van der Waals surface area contributed by atoms with E-state index in [2.05, 4.69) is 44.4 Å². The lowest BCUT2D eigenvalue weighted by Crippen LogP contribution is -2.59. The van der Waals surface area contributed by atoms with Crippen molar-refractivity contribution in [3.05, 3.63) is 0 Å². The van der Waals surface area contributed by atoms with Crippen LogP contribution in [-0.4, -0.2) is 53.0 Å². The van der Waals surface area contributed by atoms with Gasteiger partial charge in [-0.25, -0.2) is 0 Å². The molecule has 1 rings (SSSR count). The van der Waals surface area contributed by atoms with E-state index in [0.717, 1.165) is 19.4 Å². The average Bonchev–Trinajstić information content (AvgIpc) is 2.26. The molecule has 1 fully saturated rings. The van der Waals surface area contributed by atoms with Crippen molar-refractivity contribution in [3.8, 4) is 0 Å². The topological polar surface area (TPSA) is 49.6 Å². The molecule has 4 nitrogen and oxygen atoms in total. The van der Waals surface area contributed by atoms with Crippen molar-refractivity contribution in [2.45, 2.75) is 64.6 Å². The van der Waals surface area contributed by atoms with Gasteiger partial charge in [0.15, 0.2) is 0 Å². The molecule has 0 radical (unpaired) electrons. The Morgan fingerprint density at radius 3 is 2.39 bits per heavy atom. The Labute approximate surface area is 111 Å². The van der Waals surface area contributed by atoms with Gasteiger partial charge in [0.25, 0.3) is 0 Å². The normalized spacial score (nSPS) is 26.3. The summed E-state index contributed by atoms with van der Waals surface area (Å²) in [7, 11) is 2.03. The van der Waals surface area contributed by atoms with E-state index < -0.39 is 0 Å². The minimum atomic E-state index is -0.154. The van der Waals surface area contributed by atoms with Crippen molar-refractivity contribution >= 4 is 5.91 Å². The van der Waals surface area contributed by atoms with Gasteiger partial charge in [0.05, 0.1) is 6.04 Å². The summed E-state index contributed by atoms with van der Waals surface area (Å²) >= 11 is 0. The van der Waals surface area contributed by atoms with E-state index in [-0.39, 0.29) is 23.0 Å². The maximum Gasteiger partial charge on any atom is 0.240 e. The first-order chi connectivity index (χ1) is 8.11. The molecule has 0 aromatic rings. The van der Waals surface area contributed by atoms with Gasteiger partial charge < -0.3 is 10.6 Å². The first-order valence-corrected chi connectivity index (χ1v) is 6.86. The summed E-state index contributed by atoms with van der Waals surface area (Å²) in [6, 6.07) is -0.0731. The lowest BCUT2D eigenvalue weighted by Gasteiger charge is -2.47. The first kappa shape index (κ1) is 15.4. The van der Waals surface area contributed by atoms with Gasteiger partial charge in [0.1, 0.15) is 0 Å². The number of rotatable bonds is 2. The van der Waals surface area contributed by atoms with Crippen LogP contribution in [0, 0.1) is 0 Å². The Balaban J connectivity index is 3.13. The van der Waals surface area contributed by atoms with Gasteiger partial charge >= 0.3 is 0 Å². The Morgan fingerprint density at radius 1 is 1.39 bits per heavy atom. The van der Waals surface area contributed by atoms with Gasteiger partial charge in [-0.3, -0.25) is 9.69 Å². The Morgan fingerprint density at radius 2 is 1.94 bits per heavy atom. The summed E-state index contributed by atoms with van der Waals surface area (Å²) in [5, 5.41) is 0. The van der Waals surface area contributed by atoms with E-state index in [9.17, 15) is 4.79 Å². The molecule has 0 saturated carbocycles. The number of nitrogens with two attached hydrogens (primary N) is 1. The van der Waals surface area contributed by atoms with Crippen LogP contribution in [-0.2, 0) is 4.79 Å². The fraction of sp³-hybridized carbons (Fsp3) is 0.929. The fourth-order valence-electron chi connectivity index (χ4n) is 3.09. The minimum absolute atomic E-state index is 0.0731. The summed E-state index contributed by atoms with van der Waals surface area (Å²) < 4.78 is 0. The number of carbonyl (C=O) groups excluding carboxylic acids is 1. The molecule has 4 heteroatoms. The molecule has 0 bridgehead atoms. The molecule has 0 aromatic heterocycles. The molecule has 0 aromatic carbocycles. The van der Waals surface area contributed by atoms with Crippen molar-refractivity contribution < 1.29 is 4.79 Å². The largest absolute Gasteiger partial charge is 0.331 e. The van der Waals surface area contributed by atoms with Crippen molar-refractivity contribution in [2.75, 3.05) is 20.1 Å². The third-order valence-electron chi connectivity index (χ3n) is 3.83. The van der Waals surface area contributed by atoms with Crippen LogP contribution >= 0.6 is 0 Å². The Hall–Kier alpha value is -0.610. The quantitative estimate of drug-likeness (QED) is 0.812. The summed E-state index contributed by atoms with van der Waals surface area (Å²) in [6.45, 7) is 12.1. The molecular formula is C14H29N3O. The zero-order chi connectivity index (χ0) is 14.1. The molecule has 1 unspecified atom stereocenters. The molecule has 1 atom stereocenters. The SMILES string of the molecule is CN1CCC(C)(C)N(C(C)(C)C)C(=O)C1CCN. The van der Waals surface area contributed by atoms with Crippen LogP contribution in [0.2, 0.25) is 0 Å². The Kier molecular flexibility index (Phi) is 4.44. The molecule has 106 valence electrons. The number of carbonyl (C=O) groups is 1. The highest BCUT2D eigenvalue weighted by Gasteiger charge is 2.44. The molecule has 0 spiro atoms. The third-order valence-corrected chi connectivity index (χ3v) is 3.83. The van der Waals surface area contributed by atoms with Crippen molar-refractivity contribution in [1.82, 2.24) is 9.80 Å². The predicted octanol–water partition coefficient (Wildman–Crippen LogP) is 1.45. The number of nitrogens with zero attached hydrogens (tertiary/aromatic N) is 2. The molecule has 1 aliphatic heterocycles. The van der Waals surface area contributed by atoms with Gasteiger partial charge in [-0.15, -0.1) is 0 Å². The minimum Gasteiger partial charge on any atom is -0.331 e. The molecule has 0 aliphatic carbocycles. The van der Waals surface area contributed by atoms with E-state index in [1.54, 1.807) is 0 Å². The number of likely N-dealkylation sites (N-methyl/N-ethyl adjacent to an activating group) is 1. The maximum absolute atomic E-state index is 12.8. The molecule has 18 heavy (non-hydrogen) atoms. The monoisotopic (exact) mass is 255 g/mol. The maximum atomic E-state index is 12.8. The summed E-state index contributed by atoms with van der Waals surface area (Å²) in [6.07, 6.45) is 1.73. The predicted molar refractivity (Wildman–Crippen MR) is 75.4 cm³/mol. The van der Waals surface area contributed by atoms with E-state index in [4.69, 9.17) is 5.73 Å². The fourth-order valence-corrected chi connectivity index (χ4v) is 3.09. The third kappa shape index (κ3) is 3.04. The van der Waals surface area contributed by atoms with Gasteiger partial charge in [0.2, 0.25) is 5.91 Å². The smallest absolute Gasteiger partial charge is 0.240 e. The van der Waals surface area contributed by atoms with E-state index in [0.29, 0.717) is 6.54 Å². The van der Waals surface area contributed by atoms with Gasteiger partial charge in [0, 0.05) is 17.6 Å². The zero-order valence-electron chi connectivity index (χ0n) is 12.8. The molecule has 1 heterocycles. The second-order valence-corrected chi connectivity index (χ2v) is 6.98. The lowest BCUT2D eigenvalue weighted by atomic mass is 9.91. The molecular weight excluding hydrogens is 226 g/mol. The van der Waals surface area contributed by atoms with Gasteiger partial charge in [-0.2, -0.15) is 0 Å². The van der Waals surface area contributed by atoms with E-state index >= 15 is 0 Å². The average molecular weight is 255 g/mol. The van der Waals surface area contributed by atoms with E-state index in [1.165, 1.54) is 0 Å². The highest BCUT2D eigenvalue weighted by molar-refractivity contribution is 5.83. The van der Waals surface area contributed by atoms with Gasteiger partial charge in [-0.1, -0.05) is 0 Å². The second kappa shape index (κ2) is 5.17. The van der Waals surface area contributed by atoms with Crippen LogP contribution < -0.4 is 5.73 Å². The van der Waals surface area contributed by atoms with Crippen LogP contribution in [0.5, 0.6) is 0 Å². The summed E-state index contributed by atoms with van der Waals surface area (Å²) in [5.41, 5.74) is 5.40. The van der Waals surface area contributed by atoms with Crippen molar-refractivity contribution in [2.24, 2.45) is 5.73 Å². The lowest BCUT2D eigenvalue weighted by molar-refractivity contribution is -0.146. The van der Waals surface area contributed by atoms with Crippen LogP contribution in [0.3, 0.4) is 0 Å². The van der Waals surface area contributed by atoms with Crippen LogP contribution in [0.25, 0.3) is 0 Å². The van der Waals surface area contributed by atoms with Crippen molar-refractivity contribution in [3.63, 3.8) is 0 Å². The van der Waals surface area contributed by atoms with Crippen LogP contribution in [0.15, 0.2) is 0 Å². The summed E-state index contributed by atoms with van der Waals surface area (Å²) in [5.74, 6) is 0.220. The van der Waals surface area contributed by atoms with Crippen LogP contribution in [0.4, 0.5) is 0 Å². The van der Waals surface area contributed by atoms with Crippen molar-refractivity contribution in [1.29, 1.82) is 0 Å². The number of hydrogen-bond acceptors (Lipinski definition) is 3. The second-order valence-electron chi connectivity index (χ2n) is 6.98. The van der Waals surface area contributed by atoms with E-state index in [1.807, 2.05) is 7.05 Å². The zero-order valence-corrected chi connectivity index (χ0v) is 12.8. The number of amides is 1. The number of hydrogen-bond donors (Lipinski definition) is 1.